The Hall–Kier alpha value is -3.99. The highest BCUT2D eigenvalue weighted by Gasteiger charge is 2.37. The molecule has 0 bridgehead atoms. The van der Waals surface area contributed by atoms with Crippen molar-refractivity contribution < 1.29 is 23.9 Å². The van der Waals surface area contributed by atoms with Crippen molar-refractivity contribution in [3.8, 4) is 5.75 Å². The van der Waals surface area contributed by atoms with Gasteiger partial charge in [0.15, 0.2) is 5.69 Å². The molecule has 3 aromatic rings. The zero-order chi connectivity index (χ0) is 25.2. The number of benzene rings is 2. The number of halogens is 1. The topological polar surface area (TPSA) is 152 Å². The first-order chi connectivity index (χ1) is 15.9. The summed E-state index contributed by atoms with van der Waals surface area (Å²) < 4.78 is 17.5. The Morgan fingerprint density at radius 2 is 1.79 bits per heavy atom. The lowest BCUT2D eigenvalue weighted by molar-refractivity contribution is -0.123. The van der Waals surface area contributed by atoms with Gasteiger partial charge in [-0.2, -0.15) is 4.37 Å². The predicted molar refractivity (Wildman–Crippen MR) is 127 cm³/mol. The summed E-state index contributed by atoms with van der Waals surface area (Å²) in [5.74, 6) is -2.90. The molecule has 0 aliphatic carbocycles. The minimum atomic E-state index is -1.28. The first-order valence-electron chi connectivity index (χ1n) is 10.1. The average Bonchev–Trinajstić information content (AvgIpc) is 3.12. The molecular weight excluding hydrogens is 461 g/mol. The van der Waals surface area contributed by atoms with E-state index in [1.54, 1.807) is 20.8 Å². The van der Waals surface area contributed by atoms with Crippen LogP contribution in [0.25, 0.3) is 0 Å². The second-order valence-corrected chi connectivity index (χ2v) is 9.30. The molecule has 1 unspecified atom stereocenters. The van der Waals surface area contributed by atoms with E-state index >= 15 is 0 Å². The van der Waals surface area contributed by atoms with E-state index in [1.165, 1.54) is 48.5 Å². The fourth-order valence-corrected chi connectivity index (χ4v) is 4.01. The molecule has 6 N–H and O–H groups in total. The fourth-order valence-electron chi connectivity index (χ4n) is 3.27. The lowest BCUT2D eigenvalue weighted by Crippen LogP contribution is -2.49. The molecule has 0 fully saturated rings. The Balaban J connectivity index is 2.24. The predicted octanol–water partition coefficient (Wildman–Crippen LogP) is 2.97. The van der Waals surface area contributed by atoms with Crippen LogP contribution in [0.5, 0.6) is 5.75 Å². The van der Waals surface area contributed by atoms with Gasteiger partial charge in [0.1, 0.15) is 22.5 Å². The van der Waals surface area contributed by atoms with Crippen molar-refractivity contribution in [1.29, 1.82) is 0 Å². The van der Waals surface area contributed by atoms with Crippen molar-refractivity contribution in [1.82, 2.24) is 9.69 Å². The summed E-state index contributed by atoms with van der Waals surface area (Å²) >= 11 is 0.658. The van der Waals surface area contributed by atoms with E-state index in [4.69, 9.17) is 11.5 Å². The van der Waals surface area contributed by atoms with Crippen LogP contribution in [0.2, 0.25) is 0 Å². The van der Waals surface area contributed by atoms with Crippen molar-refractivity contribution in [2.24, 2.45) is 5.73 Å². The third-order valence-corrected chi connectivity index (χ3v) is 5.52. The maximum absolute atomic E-state index is 13.8. The summed E-state index contributed by atoms with van der Waals surface area (Å²) in [6.07, 6.45) is 0. The van der Waals surface area contributed by atoms with Gasteiger partial charge in [0.05, 0.1) is 5.69 Å². The number of phenolic OH excluding ortho intramolecular Hbond substituents is 1. The van der Waals surface area contributed by atoms with E-state index in [9.17, 15) is 23.9 Å². The molecule has 178 valence electrons. The number of nitrogens with two attached hydrogens (primary N) is 2. The van der Waals surface area contributed by atoms with Crippen LogP contribution < -0.4 is 21.7 Å². The summed E-state index contributed by atoms with van der Waals surface area (Å²) in [5, 5.41) is 12.9. The van der Waals surface area contributed by atoms with E-state index in [0.29, 0.717) is 17.1 Å². The molecular formula is C23H24FN5O4S. The number of phenols is 1. The molecule has 1 atom stereocenters. The highest BCUT2D eigenvalue weighted by molar-refractivity contribution is 7.09. The number of hydrogen-bond donors (Lipinski definition) is 4. The van der Waals surface area contributed by atoms with Crippen LogP contribution in [-0.4, -0.2) is 32.7 Å². The van der Waals surface area contributed by atoms with Gasteiger partial charge in [-0.15, -0.1) is 0 Å². The molecule has 3 rings (SSSR count). The highest BCUT2D eigenvalue weighted by atomic mass is 32.1. The summed E-state index contributed by atoms with van der Waals surface area (Å²) in [6, 6.07) is 9.54. The molecule has 3 amide bonds. The van der Waals surface area contributed by atoms with E-state index in [-0.39, 0.29) is 27.7 Å². The third kappa shape index (κ3) is 5.31. The van der Waals surface area contributed by atoms with Crippen LogP contribution in [0.1, 0.15) is 52.5 Å². The molecule has 0 aliphatic rings. The summed E-state index contributed by atoms with van der Waals surface area (Å²) in [6.45, 7) is 5.31. The normalized spacial score (nSPS) is 12.1. The Kier molecular flexibility index (Phi) is 6.87. The second kappa shape index (κ2) is 9.48. The number of aromatic hydroxyl groups is 1. The van der Waals surface area contributed by atoms with E-state index in [2.05, 4.69) is 9.69 Å². The fraction of sp³-hybridized carbons (Fsp3) is 0.217. The highest BCUT2D eigenvalue weighted by Crippen LogP contribution is 2.34. The van der Waals surface area contributed by atoms with Gasteiger partial charge in [-0.05, 0) is 62.1 Å². The maximum atomic E-state index is 13.8. The molecule has 1 heterocycles. The number of amides is 3. The number of aromatic nitrogens is 1. The number of primary amides is 1. The van der Waals surface area contributed by atoms with Crippen molar-refractivity contribution in [2.45, 2.75) is 32.4 Å². The molecule has 2 aromatic carbocycles. The van der Waals surface area contributed by atoms with Crippen LogP contribution in [-0.2, 0) is 4.79 Å². The van der Waals surface area contributed by atoms with E-state index in [0.717, 1.165) is 4.90 Å². The maximum Gasteiger partial charge on any atom is 0.273 e. The van der Waals surface area contributed by atoms with Gasteiger partial charge in [-0.3, -0.25) is 19.3 Å². The zero-order valence-electron chi connectivity index (χ0n) is 18.7. The van der Waals surface area contributed by atoms with Crippen molar-refractivity contribution in [3.63, 3.8) is 0 Å². The molecule has 0 radical (unpaired) electrons. The minimum absolute atomic E-state index is 0.118. The molecule has 0 spiro atoms. The number of nitrogen functional groups attached to an aromatic ring is 1. The number of nitrogens with zero attached hydrogens (tertiary/aromatic N) is 2. The molecule has 0 aliphatic heterocycles. The SMILES string of the molecule is CC(C)(C)NC(=O)C(c1ccc(F)cc1)N(C(=O)c1snc(C(N)=O)c1N)c1cccc(O)c1. The van der Waals surface area contributed by atoms with Gasteiger partial charge in [0, 0.05) is 17.3 Å². The Morgan fingerprint density at radius 3 is 2.32 bits per heavy atom. The first-order valence-corrected chi connectivity index (χ1v) is 10.9. The number of carbonyl (C=O) groups is 3. The van der Waals surface area contributed by atoms with Crippen molar-refractivity contribution in [3.05, 3.63) is 70.5 Å². The molecule has 9 nitrogen and oxygen atoms in total. The zero-order valence-corrected chi connectivity index (χ0v) is 19.5. The van der Waals surface area contributed by atoms with Crippen LogP contribution in [0.4, 0.5) is 15.8 Å². The standard InChI is InChI=1S/C23H24FN5O4S/c1-23(2,3)27-21(32)18(12-7-9-13(24)10-8-12)29(14-5-4-6-15(30)11-14)22(33)19-16(25)17(20(26)31)28-34-19/h4-11,18,30H,25H2,1-3H3,(H2,26,31)(H,27,32). The van der Waals surface area contributed by atoms with Crippen molar-refractivity contribution in [2.75, 3.05) is 10.6 Å². The Morgan fingerprint density at radius 1 is 1.15 bits per heavy atom. The summed E-state index contributed by atoms with van der Waals surface area (Å²) in [7, 11) is 0. The lowest BCUT2D eigenvalue weighted by Gasteiger charge is -2.33. The molecule has 11 heteroatoms. The van der Waals surface area contributed by atoms with Gasteiger partial charge in [-0.1, -0.05) is 18.2 Å². The van der Waals surface area contributed by atoms with Gasteiger partial charge >= 0.3 is 0 Å². The lowest BCUT2D eigenvalue weighted by atomic mass is 10.0. The van der Waals surface area contributed by atoms with Gasteiger partial charge in [0.2, 0.25) is 5.91 Å². The molecule has 34 heavy (non-hydrogen) atoms. The largest absolute Gasteiger partial charge is 0.508 e. The van der Waals surface area contributed by atoms with Gasteiger partial charge < -0.3 is 21.9 Å². The number of hydrogen-bond acceptors (Lipinski definition) is 7. The van der Waals surface area contributed by atoms with E-state index < -0.39 is 35.1 Å². The Labute approximate surface area is 199 Å². The van der Waals surface area contributed by atoms with Crippen LogP contribution in [0, 0.1) is 5.82 Å². The first kappa shape index (κ1) is 24.6. The van der Waals surface area contributed by atoms with Crippen LogP contribution in [0.3, 0.4) is 0 Å². The average molecular weight is 486 g/mol. The van der Waals surface area contributed by atoms with Gasteiger partial charge in [-0.25, -0.2) is 4.39 Å². The summed E-state index contributed by atoms with van der Waals surface area (Å²) in [5.41, 5.74) is 10.6. The van der Waals surface area contributed by atoms with Gasteiger partial charge in [0.25, 0.3) is 11.8 Å². The quantitative estimate of drug-likeness (QED) is 0.421. The summed E-state index contributed by atoms with van der Waals surface area (Å²) in [4.78, 5) is 39.9. The van der Waals surface area contributed by atoms with Crippen LogP contribution >= 0.6 is 11.5 Å². The third-order valence-electron chi connectivity index (χ3n) is 4.67. The number of carbonyl (C=O) groups excluding carboxylic acids is 3. The molecule has 0 saturated carbocycles. The minimum Gasteiger partial charge on any atom is -0.508 e. The Bertz CT molecular complexity index is 1240. The smallest absolute Gasteiger partial charge is 0.273 e. The van der Waals surface area contributed by atoms with Crippen molar-refractivity contribution >= 4 is 40.6 Å². The van der Waals surface area contributed by atoms with E-state index in [1.807, 2.05) is 0 Å². The number of nitrogens with one attached hydrogen (secondary N) is 1. The second-order valence-electron chi connectivity index (χ2n) is 8.53. The monoisotopic (exact) mass is 485 g/mol. The van der Waals surface area contributed by atoms with Crippen LogP contribution in [0.15, 0.2) is 48.5 Å². The molecule has 1 aromatic heterocycles. The molecule has 0 saturated heterocycles. The number of rotatable bonds is 6. The number of anilines is 2.